The van der Waals surface area contributed by atoms with Crippen LogP contribution >= 0.6 is 23.2 Å². The van der Waals surface area contributed by atoms with Crippen LogP contribution < -0.4 is 5.73 Å². The molecule has 0 saturated heterocycles. The van der Waals surface area contributed by atoms with Crippen molar-refractivity contribution in [3.8, 4) is 12.3 Å². The summed E-state index contributed by atoms with van der Waals surface area (Å²) in [6.07, 6.45) is 5.64. The first kappa shape index (κ1) is 10.4. The van der Waals surface area contributed by atoms with Gasteiger partial charge in [-0.2, -0.15) is 0 Å². The molecule has 1 atom stereocenters. The third-order valence-electron chi connectivity index (χ3n) is 1.71. The van der Waals surface area contributed by atoms with E-state index in [1.807, 2.05) is 6.07 Å². The molecule has 0 heterocycles. The number of nitrogens with two attached hydrogens (primary N) is 1. The van der Waals surface area contributed by atoms with Crippen molar-refractivity contribution in [2.24, 2.45) is 5.73 Å². The first-order valence-electron chi connectivity index (χ1n) is 3.79. The summed E-state index contributed by atoms with van der Waals surface area (Å²) in [5, 5.41) is 1.03. The van der Waals surface area contributed by atoms with E-state index in [1.165, 1.54) is 0 Å². The minimum absolute atomic E-state index is 0.167. The molecule has 1 aromatic rings. The fourth-order valence-electron chi connectivity index (χ4n) is 0.988. The number of terminal acetylenes is 1. The van der Waals surface area contributed by atoms with Gasteiger partial charge in [-0.15, -0.1) is 12.3 Å². The highest BCUT2D eigenvalue weighted by molar-refractivity contribution is 6.42. The molecule has 0 amide bonds. The molecule has 2 N–H and O–H groups in total. The van der Waals surface area contributed by atoms with E-state index >= 15 is 0 Å². The molecule has 0 aliphatic heterocycles. The monoisotopic (exact) mass is 213 g/mol. The smallest absolute Gasteiger partial charge is 0.0595 e. The SMILES string of the molecule is C#CCC(N)c1ccc(Cl)c(Cl)c1. The second kappa shape index (κ2) is 4.53. The number of halogens is 2. The summed E-state index contributed by atoms with van der Waals surface area (Å²) in [6.45, 7) is 0. The zero-order valence-electron chi connectivity index (χ0n) is 6.93. The Hall–Kier alpha value is -0.680. The molecule has 0 aliphatic carbocycles. The van der Waals surface area contributed by atoms with Crippen molar-refractivity contribution in [3.05, 3.63) is 33.8 Å². The van der Waals surface area contributed by atoms with Gasteiger partial charge in [-0.3, -0.25) is 0 Å². The lowest BCUT2D eigenvalue weighted by Gasteiger charge is -2.08. The lowest BCUT2D eigenvalue weighted by Crippen LogP contribution is -2.08. The van der Waals surface area contributed by atoms with Gasteiger partial charge in [0.1, 0.15) is 0 Å². The lowest BCUT2D eigenvalue weighted by atomic mass is 10.1. The molecule has 1 rings (SSSR count). The zero-order valence-corrected chi connectivity index (χ0v) is 8.44. The lowest BCUT2D eigenvalue weighted by molar-refractivity contribution is 0.755. The highest BCUT2D eigenvalue weighted by Gasteiger charge is 2.06. The summed E-state index contributed by atoms with van der Waals surface area (Å²) in [5.74, 6) is 2.50. The predicted octanol–water partition coefficient (Wildman–Crippen LogP) is 3.02. The Morgan fingerprint density at radius 1 is 1.38 bits per heavy atom. The number of hydrogen-bond donors (Lipinski definition) is 1. The van der Waals surface area contributed by atoms with E-state index in [1.54, 1.807) is 12.1 Å². The molecule has 0 aromatic heterocycles. The van der Waals surface area contributed by atoms with Crippen molar-refractivity contribution < 1.29 is 0 Å². The first-order valence-corrected chi connectivity index (χ1v) is 4.54. The van der Waals surface area contributed by atoms with Crippen LogP contribution in [0.25, 0.3) is 0 Å². The van der Waals surface area contributed by atoms with Crippen LogP contribution in [0.1, 0.15) is 18.0 Å². The van der Waals surface area contributed by atoms with Crippen LogP contribution in [0.5, 0.6) is 0 Å². The van der Waals surface area contributed by atoms with E-state index in [9.17, 15) is 0 Å². The van der Waals surface area contributed by atoms with E-state index < -0.39 is 0 Å². The Bertz CT molecular complexity index is 341. The topological polar surface area (TPSA) is 26.0 Å². The van der Waals surface area contributed by atoms with Crippen molar-refractivity contribution in [1.82, 2.24) is 0 Å². The Balaban J connectivity index is 2.91. The van der Waals surface area contributed by atoms with Crippen LogP contribution in [0.15, 0.2) is 18.2 Å². The Labute approximate surface area is 87.8 Å². The quantitative estimate of drug-likeness (QED) is 0.752. The molecule has 3 heteroatoms. The zero-order chi connectivity index (χ0) is 9.84. The van der Waals surface area contributed by atoms with Gasteiger partial charge in [0.15, 0.2) is 0 Å². The van der Waals surface area contributed by atoms with Gasteiger partial charge in [-0.05, 0) is 17.7 Å². The minimum atomic E-state index is -0.167. The van der Waals surface area contributed by atoms with Gasteiger partial charge in [0, 0.05) is 12.5 Å². The van der Waals surface area contributed by atoms with Crippen molar-refractivity contribution in [2.75, 3.05) is 0 Å². The Kier molecular flexibility index (Phi) is 3.62. The molecule has 0 saturated carbocycles. The van der Waals surface area contributed by atoms with Crippen LogP contribution in [-0.2, 0) is 0 Å². The normalized spacial score (nSPS) is 12.2. The molecule has 0 aliphatic rings. The van der Waals surface area contributed by atoms with Gasteiger partial charge >= 0.3 is 0 Å². The fourth-order valence-corrected chi connectivity index (χ4v) is 1.29. The highest BCUT2D eigenvalue weighted by atomic mass is 35.5. The molecule has 0 fully saturated rings. The first-order chi connectivity index (χ1) is 6.15. The Morgan fingerprint density at radius 3 is 2.62 bits per heavy atom. The van der Waals surface area contributed by atoms with E-state index in [0.29, 0.717) is 16.5 Å². The third kappa shape index (κ3) is 2.63. The van der Waals surface area contributed by atoms with Crippen LogP contribution in [0.2, 0.25) is 10.0 Å². The fraction of sp³-hybridized carbons (Fsp3) is 0.200. The molecular formula is C10H9Cl2N. The second-order valence-corrected chi connectivity index (χ2v) is 3.50. The van der Waals surface area contributed by atoms with Gasteiger partial charge in [0.2, 0.25) is 0 Å². The van der Waals surface area contributed by atoms with E-state index in [4.69, 9.17) is 35.4 Å². The average molecular weight is 214 g/mol. The van der Waals surface area contributed by atoms with Gasteiger partial charge in [0.05, 0.1) is 10.0 Å². The molecule has 1 unspecified atom stereocenters. The Morgan fingerprint density at radius 2 is 2.08 bits per heavy atom. The average Bonchev–Trinajstić information content (AvgIpc) is 2.10. The van der Waals surface area contributed by atoms with Gasteiger partial charge in [-0.1, -0.05) is 29.3 Å². The number of rotatable bonds is 2. The highest BCUT2D eigenvalue weighted by Crippen LogP contribution is 2.25. The third-order valence-corrected chi connectivity index (χ3v) is 2.45. The van der Waals surface area contributed by atoms with Gasteiger partial charge < -0.3 is 5.73 Å². The van der Waals surface area contributed by atoms with Crippen LogP contribution in [-0.4, -0.2) is 0 Å². The summed E-state index contributed by atoms with van der Waals surface area (Å²) in [5.41, 5.74) is 6.69. The maximum Gasteiger partial charge on any atom is 0.0595 e. The largest absolute Gasteiger partial charge is 0.323 e. The van der Waals surface area contributed by atoms with Crippen LogP contribution in [0.3, 0.4) is 0 Å². The van der Waals surface area contributed by atoms with Crippen LogP contribution in [0, 0.1) is 12.3 Å². The summed E-state index contributed by atoms with van der Waals surface area (Å²) in [7, 11) is 0. The molecule has 13 heavy (non-hydrogen) atoms. The summed E-state index contributed by atoms with van der Waals surface area (Å²) < 4.78 is 0. The minimum Gasteiger partial charge on any atom is -0.323 e. The standard InChI is InChI=1S/C10H9Cl2N/c1-2-3-10(13)7-4-5-8(11)9(12)6-7/h1,4-6,10H,3,13H2. The summed E-state index contributed by atoms with van der Waals surface area (Å²) in [6, 6.07) is 5.12. The molecule has 68 valence electrons. The van der Waals surface area contributed by atoms with E-state index in [-0.39, 0.29) is 6.04 Å². The maximum absolute atomic E-state index is 5.82. The van der Waals surface area contributed by atoms with Crippen LogP contribution in [0.4, 0.5) is 0 Å². The van der Waals surface area contributed by atoms with E-state index in [2.05, 4.69) is 5.92 Å². The van der Waals surface area contributed by atoms with Crippen molar-refractivity contribution >= 4 is 23.2 Å². The second-order valence-electron chi connectivity index (χ2n) is 2.69. The van der Waals surface area contributed by atoms with Crippen molar-refractivity contribution in [1.29, 1.82) is 0 Å². The van der Waals surface area contributed by atoms with E-state index in [0.717, 1.165) is 5.56 Å². The van der Waals surface area contributed by atoms with Gasteiger partial charge in [0.25, 0.3) is 0 Å². The summed E-state index contributed by atoms with van der Waals surface area (Å²) in [4.78, 5) is 0. The number of hydrogen-bond acceptors (Lipinski definition) is 1. The predicted molar refractivity (Wildman–Crippen MR) is 56.8 cm³/mol. The van der Waals surface area contributed by atoms with Crippen molar-refractivity contribution in [3.63, 3.8) is 0 Å². The summed E-state index contributed by atoms with van der Waals surface area (Å²) >= 11 is 11.6. The van der Waals surface area contributed by atoms with Crippen molar-refractivity contribution in [2.45, 2.75) is 12.5 Å². The molecule has 0 bridgehead atoms. The molecular weight excluding hydrogens is 205 g/mol. The molecule has 1 aromatic carbocycles. The maximum atomic E-state index is 5.82. The molecule has 1 nitrogen and oxygen atoms in total. The van der Waals surface area contributed by atoms with Gasteiger partial charge in [-0.25, -0.2) is 0 Å². The molecule has 0 radical (unpaired) electrons. The molecule has 0 spiro atoms. The number of benzene rings is 1.